The zero-order valence-electron chi connectivity index (χ0n) is 8.34. The topological polar surface area (TPSA) is 29.5 Å². The Morgan fingerprint density at radius 3 is 2.50 bits per heavy atom. The molecule has 0 aromatic carbocycles. The van der Waals surface area contributed by atoms with Gasteiger partial charge in [-0.1, -0.05) is 13.8 Å². The summed E-state index contributed by atoms with van der Waals surface area (Å²) < 4.78 is 5.40. The second-order valence-corrected chi connectivity index (χ2v) is 4.24. The molecule has 1 fully saturated rings. The predicted molar refractivity (Wildman–Crippen MR) is 49.0 cm³/mol. The highest BCUT2D eigenvalue weighted by Gasteiger charge is 2.37. The normalized spacial score (nSPS) is 43.0. The van der Waals surface area contributed by atoms with Crippen LogP contribution >= 0.6 is 0 Å². The number of ether oxygens (including phenoxy) is 1. The largest absolute Gasteiger partial charge is 0.393 e. The van der Waals surface area contributed by atoms with Crippen LogP contribution in [-0.2, 0) is 4.74 Å². The molecule has 2 nitrogen and oxygen atoms in total. The first kappa shape index (κ1) is 10.0. The molecular weight excluding hydrogens is 152 g/mol. The van der Waals surface area contributed by atoms with Gasteiger partial charge in [0.15, 0.2) is 0 Å². The van der Waals surface area contributed by atoms with Gasteiger partial charge in [0.05, 0.1) is 12.2 Å². The van der Waals surface area contributed by atoms with E-state index in [4.69, 9.17) is 4.74 Å². The molecule has 0 heterocycles. The second kappa shape index (κ2) is 3.75. The monoisotopic (exact) mass is 172 g/mol. The predicted octanol–water partition coefficient (Wildman–Crippen LogP) is 1.82. The first-order valence-electron chi connectivity index (χ1n) is 4.79. The summed E-state index contributed by atoms with van der Waals surface area (Å²) in [5, 5.41) is 9.22. The Morgan fingerprint density at radius 1 is 1.42 bits per heavy atom. The highest BCUT2D eigenvalue weighted by molar-refractivity contribution is 4.88. The maximum atomic E-state index is 9.22. The van der Waals surface area contributed by atoms with Gasteiger partial charge >= 0.3 is 0 Å². The van der Waals surface area contributed by atoms with Crippen LogP contribution in [0, 0.1) is 11.8 Å². The van der Waals surface area contributed by atoms with E-state index in [1.807, 2.05) is 0 Å². The average Bonchev–Trinajstić information content (AvgIpc) is 2.10. The van der Waals surface area contributed by atoms with Gasteiger partial charge in [0, 0.05) is 7.11 Å². The van der Waals surface area contributed by atoms with E-state index in [1.165, 1.54) is 6.42 Å². The fraction of sp³-hybridized carbons (Fsp3) is 1.00. The summed E-state index contributed by atoms with van der Waals surface area (Å²) in [6.07, 6.45) is 3.18. The number of rotatable bonds is 2. The molecule has 0 aromatic heterocycles. The highest BCUT2D eigenvalue weighted by Crippen LogP contribution is 2.37. The van der Waals surface area contributed by atoms with E-state index in [-0.39, 0.29) is 12.2 Å². The fourth-order valence-corrected chi connectivity index (χ4v) is 2.06. The SMILES string of the molecule is COC1(CO)CCC(C)C(C)C1. The van der Waals surface area contributed by atoms with Crippen LogP contribution in [0.3, 0.4) is 0 Å². The zero-order valence-corrected chi connectivity index (χ0v) is 8.34. The van der Waals surface area contributed by atoms with E-state index in [0.29, 0.717) is 5.92 Å². The van der Waals surface area contributed by atoms with Gasteiger partial charge in [-0.3, -0.25) is 0 Å². The Bertz CT molecular complexity index is 141. The summed E-state index contributed by atoms with van der Waals surface area (Å²) in [4.78, 5) is 0. The molecule has 0 aromatic rings. The van der Waals surface area contributed by atoms with E-state index in [9.17, 15) is 5.11 Å². The fourth-order valence-electron chi connectivity index (χ4n) is 2.06. The summed E-state index contributed by atoms with van der Waals surface area (Å²) in [5.74, 6) is 1.45. The molecule has 2 heteroatoms. The third-order valence-electron chi connectivity index (χ3n) is 3.44. The van der Waals surface area contributed by atoms with Crippen molar-refractivity contribution in [3.05, 3.63) is 0 Å². The quantitative estimate of drug-likeness (QED) is 0.688. The van der Waals surface area contributed by atoms with Crippen molar-refractivity contribution in [3.8, 4) is 0 Å². The van der Waals surface area contributed by atoms with Crippen LogP contribution in [0.5, 0.6) is 0 Å². The summed E-state index contributed by atoms with van der Waals surface area (Å²) in [7, 11) is 1.71. The number of methoxy groups -OCH3 is 1. The number of hydrogen-bond acceptors (Lipinski definition) is 2. The van der Waals surface area contributed by atoms with Gasteiger partial charge < -0.3 is 9.84 Å². The maximum absolute atomic E-state index is 9.22. The standard InChI is InChI=1S/C10H20O2/c1-8-4-5-10(7-11,12-3)6-9(8)2/h8-9,11H,4-7H2,1-3H3. The van der Waals surface area contributed by atoms with E-state index < -0.39 is 0 Å². The van der Waals surface area contributed by atoms with E-state index >= 15 is 0 Å². The molecule has 12 heavy (non-hydrogen) atoms. The highest BCUT2D eigenvalue weighted by atomic mass is 16.5. The number of aliphatic hydroxyl groups excluding tert-OH is 1. The smallest absolute Gasteiger partial charge is 0.0911 e. The summed E-state index contributed by atoms with van der Waals surface area (Å²) in [6, 6.07) is 0. The molecule has 0 saturated heterocycles. The molecule has 1 saturated carbocycles. The number of aliphatic hydroxyl groups is 1. The molecule has 1 aliphatic rings. The molecule has 0 amide bonds. The van der Waals surface area contributed by atoms with Crippen molar-refractivity contribution in [1.29, 1.82) is 0 Å². The van der Waals surface area contributed by atoms with Crippen molar-refractivity contribution in [2.45, 2.75) is 38.7 Å². The molecule has 1 rings (SSSR count). The van der Waals surface area contributed by atoms with Gasteiger partial charge in [0.25, 0.3) is 0 Å². The van der Waals surface area contributed by atoms with Crippen LogP contribution in [-0.4, -0.2) is 24.4 Å². The molecule has 1 aliphatic carbocycles. The van der Waals surface area contributed by atoms with Crippen molar-refractivity contribution in [2.24, 2.45) is 11.8 Å². The van der Waals surface area contributed by atoms with E-state index in [0.717, 1.165) is 18.8 Å². The first-order valence-corrected chi connectivity index (χ1v) is 4.79. The molecule has 0 bridgehead atoms. The third kappa shape index (κ3) is 1.80. The van der Waals surface area contributed by atoms with Gasteiger partial charge in [-0.2, -0.15) is 0 Å². The Hall–Kier alpha value is -0.0800. The van der Waals surface area contributed by atoms with Crippen LogP contribution in [0.4, 0.5) is 0 Å². The lowest BCUT2D eigenvalue weighted by atomic mass is 9.73. The van der Waals surface area contributed by atoms with Gasteiger partial charge in [-0.15, -0.1) is 0 Å². The van der Waals surface area contributed by atoms with Crippen LogP contribution in [0.1, 0.15) is 33.1 Å². The average molecular weight is 172 g/mol. The molecule has 1 N–H and O–H groups in total. The van der Waals surface area contributed by atoms with Crippen molar-refractivity contribution in [2.75, 3.05) is 13.7 Å². The Labute approximate surface area is 74.9 Å². The lowest BCUT2D eigenvalue weighted by Crippen LogP contribution is -2.42. The third-order valence-corrected chi connectivity index (χ3v) is 3.44. The van der Waals surface area contributed by atoms with Crippen molar-refractivity contribution < 1.29 is 9.84 Å². The van der Waals surface area contributed by atoms with Crippen molar-refractivity contribution >= 4 is 0 Å². The molecule has 0 aliphatic heterocycles. The summed E-state index contributed by atoms with van der Waals surface area (Å²) in [6.45, 7) is 4.69. The lowest BCUT2D eigenvalue weighted by Gasteiger charge is -2.40. The molecular formula is C10H20O2. The Morgan fingerprint density at radius 2 is 2.08 bits per heavy atom. The van der Waals surface area contributed by atoms with Crippen LogP contribution in [0.25, 0.3) is 0 Å². The van der Waals surface area contributed by atoms with E-state index in [1.54, 1.807) is 7.11 Å². The Balaban J connectivity index is 2.58. The van der Waals surface area contributed by atoms with Crippen LogP contribution in [0.2, 0.25) is 0 Å². The second-order valence-electron chi connectivity index (χ2n) is 4.24. The van der Waals surface area contributed by atoms with E-state index in [2.05, 4.69) is 13.8 Å². The van der Waals surface area contributed by atoms with Gasteiger partial charge in [-0.25, -0.2) is 0 Å². The Kier molecular flexibility index (Phi) is 3.13. The van der Waals surface area contributed by atoms with Crippen LogP contribution in [0.15, 0.2) is 0 Å². The maximum Gasteiger partial charge on any atom is 0.0911 e. The molecule has 3 unspecified atom stereocenters. The summed E-state index contributed by atoms with van der Waals surface area (Å²) >= 11 is 0. The van der Waals surface area contributed by atoms with Gasteiger partial charge in [-0.05, 0) is 31.1 Å². The molecule has 72 valence electrons. The molecule has 0 radical (unpaired) electrons. The minimum absolute atomic E-state index is 0.167. The van der Waals surface area contributed by atoms with Gasteiger partial charge in [0.2, 0.25) is 0 Å². The van der Waals surface area contributed by atoms with Crippen LogP contribution < -0.4 is 0 Å². The minimum Gasteiger partial charge on any atom is -0.393 e. The minimum atomic E-state index is -0.230. The number of hydrogen-bond donors (Lipinski definition) is 1. The zero-order chi connectivity index (χ0) is 9.19. The molecule has 0 spiro atoms. The van der Waals surface area contributed by atoms with Crippen molar-refractivity contribution in [1.82, 2.24) is 0 Å². The summed E-state index contributed by atoms with van der Waals surface area (Å²) in [5.41, 5.74) is -0.230. The van der Waals surface area contributed by atoms with Crippen molar-refractivity contribution in [3.63, 3.8) is 0 Å². The lowest BCUT2D eigenvalue weighted by molar-refractivity contribution is -0.0956. The van der Waals surface area contributed by atoms with Gasteiger partial charge in [0.1, 0.15) is 0 Å². The first-order chi connectivity index (χ1) is 5.63. The molecule has 3 atom stereocenters.